The van der Waals surface area contributed by atoms with Gasteiger partial charge in [0.1, 0.15) is 6.04 Å². The van der Waals surface area contributed by atoms with Gasteiger partial charge in [-0.25, -0.2) is 4.68 Å². The molecule has 7 heteroatoms. The van der Waals surface area contributed by atoms with Crippen LogP contribution >= 0.6 is 0 Å². The molecule has 0 bridgehead atoms. The highest BCUT2D eigenvalue weighted by Crippen LogP contribution is 2.24. The maximum Gasteiger partial charge on any atom is 0.220 e. The average molecular weight is 337 g/mol. The normalized spacial score (nSPS) is 23.2. The van der Waals surface area contributed by atoms with Crippen molar-refractivity contribution >= 4 is 5.91 Å². The molecule has 0 aliphatic carbocycles. The molecule has 1 atom stereocenters. The molecule has 1 amide bonds. The van der Waals surface area contributed by atoms with E-state index in [4.69, 9.17) is 5.73 Å². The number of unbranched alkanes of at least 4 members (excludes halogenated alkanes) is 1. The number of primary amides is 1. The quantitative estimate of drug-likeness (QED) is 0.735. The van der Waals surface area contributed by atoms with Crippen LogP contribution in [0.3, 0.4) is 0 Å². The zero-order valence-corrected chi connectivity index (χ0v) is 15.6. The van der Waals surface area contributed by atoms with Crippen molar-refractivity contribution in [2.24, 2.45) is 11.7 Å². The van der Waals surface area contributed by atoms with Gasteiger partial charge in [0.25, 0.3) is 0 Å². The molecule has 1 aromatic rings. The van der Waals surface area contributed by atoms with Gasteiger partial charge < -0.3 is 10.6 Å². The van der Waals surface area contributed by atoms with Crippen molar-refractivity contribution < 1.29 is 9.69 Å². The molecule has 1 saturated heterocycles. The summed E-state index contributed by atoms with van der Waals surface area (Å²) in [6, 6.07) is 0.291. The van der Waals surface area contributed by atoms with Crippen molar-refractivity contribution in [2.75, 3.05) is 13.1 Å². The van der Waals surface area contributed by atoms with Crippen LogP contribution in [0.4, 0.5) is 0 Å². The van der Waals surface area contributed by atoms with Gasteiger partial charge >= 0.3 is 0 Å². The van der Waals surface area contributed by atoms with E-state index in [0.29, 0.717) is 6.04 Å². The van der Waals surface area contributed by atoms with Gasteiger partial charge in [-0.05, 0) is 37.1 Å². The molecule has 1 aliphatic rings. The predicted octanol–water partition coefficient (Wildman–Crippen LogP) is 0.830. The minimum atomic E-state index is -0.156. The third-order valence-corrected chi connectivity index (χ3v) is 5.61. The average Bonchev–Trinajstić information content (AvgIpc) is 3.06. The van der Waals surface area contributed by atoms with E-state index in [-0.39, 0.29) is 17.4 Å². The number of carbonyl (C=O) groups is 1. The van der Waals surface area contributed by atoms with Crippen molar-refractivity contribution in [1.29, 1.82) is 0 Å². The fourth-order valence-electron chi connectivity index (χ4n) is 3.54. The zero-order valence-electron chi connectivity index (χ0n) is 15.6. The largest absolute Gasteiger partial charge is 0.369 e. The molecule has 2 rings (SSSR count). The second kappa shape index (κ2) is 8.05. The first-order valence-corrected chi connectivity index (χ1v) is 9.33. The Hall–Kier alpha value is -1.50. The number of nitrogens with zero attached hydrogens (tertiary/aromatic N) is 4. The Balaban J connectivity index is 2.21. The first-order chi connectivity index (χ1) is 11.4. The lowest BCUT2D eigenvalue weighted by Crippen LogP contribution is -3.13. The standard InChI is InChI=1S/C17H32N6O/c1-5-7-8-14(22-11-9-13(10-12-22)15(18)24)16-19-20-21-23(16)17(3,4)6-2/h13-14H,5-12H2,1-4H3,(H2,18,24)/p+1/t14-/m1/s1. The van der Waals surface area contributed by atoms with Crippen molar-refractivity contribution in [3.05, 3.63) is 5.82 Å². The number of likely N-dealkylation sites (tertiary alicyclic amines) is 1. The lowest BCUT2D eigenvalue weighted by atomic mass is 9.93. The van der Waals surface area contributed by atoms with Gasteiger partial charge in [-0.1, -0.05) is 20.3 Å². The van der Waals surface area contributed by atoms with Gasteiger partial charge in [-0.15, -0.1) is 5.10 Å². The maximum atomic E-state index is 11.4. The molecule has 24 heavy (non-hydrogen) atoms. The fraction of sp³-hybridized carbons (Fsp3) is 0.882. The number of hydrogen-bond acceptors (Lipinski definition) is 4. The molecule has 0 saturated carbocycles. The highest BCUT2D eigenvalue weighted by atomic mass is 16.1. The van der Waals surface area contributed by atoms with Gasteiger partial charge in [0.15, 0.2) is 0 Å². The van der Waals surface area contributed by atoms with Gasteiger partial charge in [0.05, 0.1) is 18.6 Å². The number of quaternary nitrogens is 1. The topological polar surface area (TPSA) is 91.1 Å². The maximum absolute atomic E-state index is 11.4. The van der Waals surface area contributed by atoms with Crippen molar-refractivity contribution in [3.63, 3.8) is 0 Å². The lowest BCUT2D eigenvalue weighted by Gasteiger charge is -2.34. The Bertz CT molecular complexity index is 533. The summed E-state index contributed by atoms with van der Waals surface area (Å²) in [5.41, 5.74) is 5.39. The van der Waals surface area contributed by atoms with Gasteiger partial charge in [-0.2, -0.15) is 0 Å². The Morgan fingerprint density at radius 3 is 2.58 bits per heavy atom. The van der Waals surface area contributed by atoms with Crippen LogP contribution in [0.15, 0.2) is 0 Å². The highest BCUT2D eigenvalue weighted by Gasteiger charge is 2.36. The number of tetrazole rings is 1. The van der Waals surface area contributed by atoms with E-state index in [0.717, 1.165) is 57.4 Å². The minimum absolute atomic E-state index is 0.0312. The summed E-state index contributed by atoms with van der Waals surface area (Å²) in [7, 11) is 0. The van der Waals surface area contributed by atoms with E-state index >= 15 is 0 Å². The Morgan fingerprint density at radius 2 is 2.04 bits per heavy atom. The molecule has 1 fully saturated rings. The lowest BCUT2D eigenvalue weighted by molar-refractivity contribution is -0.938. The summed E-state index contributed by atoms with van der Waals surface area (Å²) in [5.74, 6) is 0.864. The summed E-state index contributed by atoms with van der Waals surface area (Å²) in [6.07, 6.45) is 6.11. The van der Waals surface area contributed by atoms with Crippen LogP contribution in [0.25, 0.3) is 0 Å². The van der Waals surface area contributed by atoms with Crippen molar-refractivity contribution in [2.45, 2.75) is 77.8 Å². The molecule has 0 unspecified atom stereocenters. The summed E-state index contributed by atoms with van der Waals surface area (Å²) in [5, 5.41) is 12.7. The molecular weight excluding hydrogens is 304 g/mol. The second-order valence-electron chi connectivity index (χ2n) is 7.64. The Morgan fingerprint density at radius 1 is 1.38 bits per heavy atom. The van der Waals surface area contributed by atoms with Gasteiger partial charge in [0, 0.05) is 25.2 Å². The number of rotatable bonds is 8. The summed E-state index contributed by atoms with van der Waals surface area (Å²) < 4.78 is 2.01. The zero-order chi connectivity index (χ0) is 17.7. The van der Waals surface area contributed by atoms with Gasteiger partial charge in [-0.3, -0.25) is 4.79 Å². The van der Waals surface area contributed by atoms with E-state index in [2.05, 4.69) is 43.2 Å². The summed E-state index contributed by atoms with van der Waals surface area (Å²) in [6.45, 7) is 10.7. The van der Waals surface area contributed by atoms with Gasteiger partial charge in [0.2, 0.25) is 11.7 Å². The molecular formula is C17H33N6O+. The van der Waals surface area contributed by atoms with E-state index < -0.39 is 0 Å². The number of aromatic nitrogens is 4. The van der Waals surface area contributed by atoms with E-state index in [9.17, 15) is 4.79 Å². The molecule has 3 N–H and O–H groups in total. The summed E-state index contributed by atoms with van der Waals surface area (Å²) >= 11 is 0. The number of carbonyl (C=O) groups excluding carboxylic acids is 1. The molecule has 0 radical (unpaired) electrons. The van der Waals surface area contributed by atoms with Crippen LogP contribution in [-0.4, -0.2) is 39.2 Å². The van der Waals surface area contributed by atoms with Crippen LogP contribution in [0.1, 0.15) is 78.1 Å². The first kappa shape index (κ1) is 18.8. The van der Waals surface area contributed by atoms with E-state index in [1.54, 1.807) is 0 Å². The Kier molecular flexibility index (Phi) is 6.32. The predicted molar refractivity (Wildman–Crippen MR) is 92.3 cm³/mol. The van der Waals surface area contributed by atoms with Crippen LogP contribution in [-0.2, 0) is 10.3 Å². The van der Waals surface area contributed by atoms with Crippen molar-refractivity contribution in [1.82, 2.24) is 20.2 Å². The number of nitrogens with one attached hydrogen (secondary N) is 1. The monoisotopic (exact) mass is 337 g/mol. The Labute approximate surface area is 145 Å². The smallest absolute Gasteiger partial charge is 0.220 e. The van der Waals surface area contributed by atoms with Crippen molar-refractivity contribution in [3.8, 4) is 0 Å². The number of piperidine rings is 1. The molecule has 7 nitrogen and oxygen atoms in total. The molecule has 136 valence electrons. The van der Waals surface area contributed by atoms with Crippen LogP contribution in [0, 0.1) is 5.92 Å². The molecule has 0 aromatic carbocycles. The number of amides is 1. The molecule has 2 heterocycles. The third-order valence-electron chi connectivity index (χ3n) is 5.61. The SMILES string of the molecule is CCCC[C@H](c1nnnn1C(C)(C)CC)[NH+]1CCC(C(N)=O)CC1. The fourth-order valence-corrected chi connectivity index (χ4v) is 3.54. The number of hydrogen-bond donors (Lipinski definition) is 2. The van der Waals surface area contributed by atoms with Crippen LogP contribution in [0.2, 0.25) is 0 Å². The third kappa shape index (κ3) is 4.12. The highest BCUT2D eigenvalue weighted by molar-refractivity contribution is 5.76. The molecule has 0 spiro atoms. The second-order valence-corrected chi connectivity index (χ2v) is 7.64. The molecule has 1 aliphatic heterocycles. The molecule has 1 aromatic heterocycles. The van der Waals surface area contributed by atoms with E-state index in [1.807, 2.05) is 4.68 Å². The van der Waals surface area contributed by atoms with Crippen LogP contribution in [0.5, 0.6) is 0 Å². The minimum Gasteiger partial charge on any atom is -0.369 e. The first-order valence-electron chi connectivity index (χ1n) is 9.33. The summed E-state index contributed by atoms with van der Waals surface area (Å²) in [4.78, 5) is 12.9. The van der Waals surface area contributed by atoms with E-state index in [1.165, 1.54) is 4.90 Å². The van der Waals surface area contributed by atoms with Crippen LogP contribution < -0.4 is 10.6 Å². The number of nitrogens with two attached hydrogens (primary N) is 1.